The van der Waals surface area contributed by atoms with E-state index >= 15 is 0 Å². The van der Waals surface area contributed by atoms with Crippen molar-refractivity contribution >= 4 is 23.7 Å². The highest BCUT2D eigenvalue weighted by molar-refractivity contribution is 6.30. The van der Waals surface area contributed by atoms with Gasteiger partial charge < -0.3 is 9.15 Å². The highest BCUT2D eigenvalue weighted by atomic mass is 35.5. The molecule has 0 aliphatic carbocycles. The summed E-state index contributed by atoms with van der Waals surface area (Å²) in [4.78, 5) is 4.31. The maximum absolute atomic E-state index is 9.24. The minimum absolute atomic E-state index is 0.329. The molecule has 1 heterocycles. The fourth-order valence-corrected chi connectivity index (χ4v) is 2.52. The molecule has 0 bridgehead atoms. The predicted molar refractivity (Wildman–Crippen MR) is 102 cm³/mol. The fourth-order valence-electron chi connectivity index (χ4n) is 2.40. The van der Waals surface area contributed by atoms with Crippen LogP contribution in [0.25, 0.3) is 0 Å². The third-order valence-electron chi connectivity index (χ3n) is 3.99. The second-order valence-electron chi connectivity index (χ2n) is 5.82. The minimum atomic E-state index is 0.329. The Morgan fingerprint density at radius 3 is 2.69 bits per heavy atom. The van der Waals surface area contributed by atoms with Crippen molar-refractivity contribution in [1.82, 2.24) is 0 Å². The lowest BCUT2D eigenvalue weighted by Crippen LogP contribution is -1.95. The average Bonchev–Trinajstić information content (AvgIpc) is 2.93. The van der Waals surface area contributed by atoms with Crippen molar-refractivity contribution < 1.29 is 9.15 Å². The number of furan rings is 1. The summed E-state index contributed by atoms with van der Waals surface area (Å²) in [5.41, 5.74) is 3.18. The molecule has 0 amide bonds. The monoisotopic (exact) mass is 364 g/mol. The normalized spacial score (nSPS) is 10.8. The Morgan fingerprint density at radius 1 is 1.19 bits per heavy atom. The van der Waals surface area contributed by atoms with Crippen LogP contribution in [0.15, 0.2) is 57.9 Å². The number of aliphatic imine (C=N–C) groups is 1. The molecule has 0 fully saturated rings. The third-order valence-corrected chi connectivity index (χ3v) is 4.24. The van der Waals surface area contributed by atoms with Crippen molar-refractivity contribution in [3.63, 3.8) is 0 Å². The van der Waals surface area contributed by atoms with Crippen LogP contribution in [-0.2, 0) is 6.61 Å². The summed E-state index contributed by atoms with van der Waals surface area (Å²) < 4.78 is 11.4. The van der Waals surface area contributed by atoms with Gasteiger partial charge in [-0.3, -0.25) is 0 Å². The quantitative estimate of drug-likeness (QED) is 0.541. The van der Waals surface area contributed by atoms with Crippen LogP contribution in [0.1, 0.15) is 28.0 Å². The second kappa shape index (κ2) is 7.90. The van der Waals surface area contributed by atoms with E-state index in [0.717, 1.165) is 22.4 Å². The van der Waals surface area contributed by atoms with Crippen LogP contribution in [0, 0.1) is 25.2 Å². The largest absolute Gasteiger partial charge is 0.489 e. The Bertz CT molecular complexity index is 982. The van der Waals surface area contributed by atoms with Gasteiger partial charge in [0.1, 0.15) is 29.7 Å². The van der Waals surface area contributed by atoms with Gasteiger partial charge in [0, 0.05) is 16.8 Å². The number of hydrogen-bond donors (Lipinski definition) is 0. The number of hydrogen-bond acceptors (Lipinski definition) is 4. The molecule has 0 aliphatic rings. The molecule has 0 N–H and O–H groups in total. The molecule has 26 heavy (non-hydrogen) atoms. The summed E-state index contributed by atoms with van der Waals surface area (Å²) >= 11 is 5.88. The van der Waals surface area contributed by atoms with Crippen molar-refractivity contribution in [1.29, 1.82) is 5.26 Å². The van der Waals surface area contributed by atoms with E-state index < -0.39 is 0 Å². The van der Waals surface area contributed by atoms with Crippen LogP contribution in [-0.4, -0.2) is 6.21 Å². The molecular weight excluding hydrogens is 348 g/mol. The van der Waals surface area contributed by atoms with Crippen LogP contribution in [0.4, 0.5) is 5.88 Å². The molecule has 0 aliphatic heterocycles. The van der Waals surface area contributed by atoms with E-state index in [0.29, 0.717) is 28.8 Å². The van der Waals surface area contributed by atoms with Gasteiger partial charge in [0.05, 0.1) is 0 Å². The fraction of sp³-hybridized carbons (Fsp3) is 0.143. The van der Waals surface area contributed by atoms with Gasteiger partial charge in [-0.25, -0.2) is 4.99 Å². The van der Waals surface area contributed by atoms with E-state index in [1.54, 1.807) is 6.21 Å². The van der Waals surface area contributed by atoms with Crippen LogP contribution in [0.5, 0.6) is 5.75 Å². The highest BCUT2D eigenvalue weighted by Crippen LogP contribution is 2.28. The van der Waals surface area contributed by atoms with Gasteiger partial charge in [0.25, 0.3) is 0 Å². The maximum atomic E-state index is 9.24. The van der Waals surface area contributed by atoms with E-state index in [9.17, 15) is 5.26 Å². The number of benzene rings is 2. The first-order valence-electron chi connectivity index (χ1n) is 8.08. The Morgan fingerprint density at radius 2 is 1.96 bits per heavy atom. The molecule has 130 valence electrons. The molecule has 4 nitrogen and oxygen atoms in total. The zero-order valence-corrected chi connectivity index (χ0v) is 15.2. The zero-order chi connectivity index (χ0) is 18.5. The number of nitrogens with zero attached hydrogens (tertiary/aromatic N) is 2. The zero-order valence-electron chi connectivity index (χ0n) is 14.5. The summed E-state index contributed by atoms with van der Waals surface area (Å²) in [6, 6.07) is 17.2. The number of nitriles is 1. The van der Waals surface area contributed by atoms with E-state index in [1.807, 2.05) is 62.4 Å². The van der Waals surface area contributed by atoms with Crippen LogP contribution < -0.4 is 4.74 Å². The summed E-state index contributed by atoms with van der Waals surface area (Å²) in [6.07, 6.45) is 1.66. The SMILES string of the molecule is Cc1oc(/N=C/c2cccc(OCc3ccc(Cl)cc3)c2)c(C#N)c1C. The van der Waals surface area contributed by atoms with Crippen molar-refractivity contribution in [3.8, 4) is 11.8 Å². The number of aryl methyl sites for hydroxylation is 1. The van der Waals surface area contributed by atoms with Crippen molar-refractivity contribution in [2.75, 3.05) is 0 Å². The lowest BCUT2D eigenvalue weighted by atomic mass is 10.2. The summed E-state index contributed by atoms with van der Waals surface area (Å²) in [5, 5.41) is 9.94. The molecule has 0 spiro atoms. The van der Waals surface area contributed by atoms with E-state index in [1.165, 1.54) is 0 Å². The third kappa shape index (κ3) is 4.14. The van der Waals surface area contributed by atoms with Gasteiger partial charge in [-0.05, 0) is 49.2 Å². The van der Waals surface area contributed by atoms with Crippen LogP contribution in [0.2, 0.25) is 5.02 Å². The first-order valence-corrected chi connectivity index (χ1v) is 8.46. The van der Waals surface area contributed by atoms with Gasteiger partial charge in [-0.1, -0.05) is 35.9 Å². The number of ether oxygens (including phenoxy) is 1. The predicted octanol–water partition coefficient (Wildman–Crippen LogP) is 5.75. The standard InChI is InChI=1S/C21H17ClN2O2/c1-14-15(2)26-21(20(14)11-23)24-12-17-4-3-5-19(10-17)25-13-16-6-8-18(22)9-7-16/h3-10,12H,13H2,1-2H3/b24-12+. The van der Waals surface area contributed by atoms with Crippen molar-refractivity contribution in [3.05, 3.63) is 81.6 Å². The highest BCUT2D eigenvalue weighted by Gasteiger charge is 2.12. The Labute approximate surface area is 157 Å². The lowest BCUT2D eigenvalue weighted by molar-refractivity contribution is 0.306. The molecule has 0 atom stereocenters. The van der Waals surface area contributed by atoms with Gasteiger partial charge in [-0.15, -0.1) is 0 Å². The molecule has 5 heteroatoms. The summed E-state index contributed by atoms with van der Waals surface area (Å²) in [5.74, 6) is 1.76. The molecule has 1 aromatic heterocycles. The molecule has 2 aromatic carbocycles. The van der Waals surface area contributed by atoms with E-state index in [4.69, 9.17) is 20.8 Å². The molecule has 0 saturated carbocycles. The lowest BCUT2D eigenvalue weighted by Gasteiger charge is -2.07. The smallest absolute Gasteiger partial charge is 0.237 e. The molecule has 0 unspecified atom stereocenters. The topological polar surface area (TPSA) is 58.5 Å². The molecule has 3 aromatic rings. The van der Waals surface area contributed by atoms with Crippen molar-refractivity contribution in [2.24, 2.45) is 4.99 Å². The Balaban J connectivity index is 1.72. The van der Waals surface area contributed by atoms with E-state index in [2.05, 4.69) is 11.1 Å². The van der Waals surface area contributed by atoms with E-state index in [-0.39, 0.29) is 0 Å². The Kier molecular flexibility index (Phi) is 5.40. The van der Waals surface area contributed by atoms with Crippen LogP contribution in [0.3, 0.4) is 0 Å². The molecule has 3 rings (SSSR count). The summed E-state index contributed by atoms with van der Waals surface area (Å²) in [7, 11) is 0. The second-order valence-corrected chi connectivity index (χ2v) is 6.26. The average molecular weight is 365 g/mol. The molecule has 0 radical (unpaired) electrons. The summed E-state index contributed by atoms with van der Waals surface area (Å²) in [6.45, 7) is 4.12. The van der Waals surface area contributed by atoms with Gasteiger partial charge >= 0.3 is 0 Å². The first kappa shape index (κ1) is 17.8. The Hall–Kier alpha value is -3.03. The molecular formula is C21H17ClN2O2. The van der Waals surface area contributed by atoms with Gasteiger partial charge in [-0.2, -0.15) is 5.26 Å². The maximum Gasteiger partial charge on any atom is 0.237 e. The number of rotatable bonds is 5. The van der Waals surface area contributed by atoms with Gasteiger partial charge in [0.15, 0.2) is 0 Å². The van der Waals surface area contributed by atoms with Crippen molar-refractivity contribution in [2.45, 2.75) is 20.5 Å². The molecule has 0 saturated heterocycles. The van der Waals surface area contributed by atoms with Crippen LogP contribution >= 0.6 is 11.6 Å². The minimum Gasteiger partial charge on any atom is -0.489 e. The van der Waals surface area contributed by atoms with Gasteiger partial charge in [0.2, 0.25) is 5.88 Å². The number of halogens is 1. The first-order chi connectivity index (χ1) is 12.6.